The summed E-state index contributed by atoms with van der Waals surface area (Å²) in [5.41, 5.74) is 27.1. The van der Waals surface area contributed by atoms with Crippen molar-refractivity contribution in [2.24, 2.45) is 0 Å². The van der Waals surface area contributed by atoms with Crippen molar-refractivity contribution >= 4 is 0 Å². The second-order valence-corrected chi connectivity index (χ2v) is 29.0. The zero-order valence-corrected chi connectivity index (χ0v) is 59.9. The predicted molar refractivity (Wildman–Crippen MR) is 398 cm³/mol. The number of rotatable bonds is 42. The van der Waals surface area contributed by atoms with Gasteiger partial charge in [-0.05, 0) is 193 Å². The summed E-state index contributed by atoms with van der Waals surface area (Å²) in [7, 11) is 0. The quantitative estimate of drug-likeness (QED) is 0.0358. The van der Waals surface area contributed by atoms with Gasteiger partial charge in [0.1, 0.15) is 0 Å². The number of aromatic nitrogens is 4. The molecule has 92 heavy (non-hydrogen) atoms. The van der Waals surface area contributed by atoms with E-state index in [1.165, 1.54) is 298 Å². The molecule has 0 aliphatic heterocycles. The molecule has 4 nitrogen and oxygen atoms in total. The fourth-order valence-electron chi connectivity index (χ4n) is 16.6. The van der Waals surface area contributed by atoms with E-state index in [9.17, 15) is 0 Å². The highest BCUT2D eigenvalue weighted by molar-refractivity contribution is 5.89. The highest BCUT2D eigenvalue weighted by atomic mass is 14.9. The Labute approximate surface area is 561 Å². The average Bonchev–Trinajstić information content (AvgIpc) is 1.56. The predicted octanol–water partition coefficient (Wildman–Crippen LogP) is 26.9. The summed E-state index contributed by atoms with van der Waals surface area (Å²) in [5.74, 6) is 1.72. The van der Waals surface area contributed by atoms with E-state index in [0.717, 1.165) is 58.4 Å². The molecule has 0 bridgehead atoms. The topological polar surface area (TPSA) is 51.6 Å². The molecule has 0 N–H and O–H groups in total. The Morgan fingerprint density at radius 1 is 0.239 bits per heavy atom. The van der Waals surface area contributed by atoms with E-state index in [1.54, 1.807) is 11.1 Å². The first-order valence-electron chi connectivity index (χ1n) is 38.4. The molecule has 0 amide bonds. The van der Waals surface area contributed by atoms with Crippen LogP contribution in [0.4, 0.5) is 0 Å². The maximum Gasteiger partial charge on any atom is 0.159 e. The molecule has 2 aliphatic rings. The second-order valence-electron chi connectivity index (χ2n) is 29.0. The zero-order chi connectivity index (χ0) is 64.7. The molecule has 2 aromatic heterocycles. The zero-order valence-electron chi connectivity index (χ0n) is 59.9. The lowest BCUT2D eigenvalue weighted by atomic mass is 9.69. The first-order chi connectivity index (χ1) is 45.0. The summed E-state index contributed by atoms with van der Waals surface area (Å²) >= 11 is 0. The van der Waals surface area contributed by atoms with Crippen LogP contribution in [0.5, 0.6) is 0 Å². The number of unbranched alkanes of at least 4 members (excludes halogenated alkanes) is 26. The van der Waals surface area contributed by atoms with Crippen LogP contribution >= 0.6 is 0 Å². The van der Waals surface area contributed by atoms with Gasteiger partial charge in [-0.3, -0.25) is 0 Å². The fourth-order valence-corrected chi connectivity index (χ4v) is 16.6. The van der Waals surface area contributed by atoms with Crippen LogP contribution < -0.4 is 0 Å². The molecule has 0 radical (unpaired) electrons. The van der Waals surface area contributed by atoms with E-state index in [1.807, 2.05) is 0 Å². The number of hydrogen-bond acceptors (Lipinski definition) is 4. The molecule has 5 aromatic carbocycles. The van der Waals surface area contributed by atoms with E-state index in [2.05, 4.69) is 166 Å². The van der Waals surface area contributed by atoms with Gasteiger partial charge in [0, 0.05) is 44.7 Å². The van der Waals surface area contributed by atoms with Gasteiger partial charge in [0.05, 0.1) is 0 Å². The molecule has 0 atom stereocenters. The van der Waals surface area contributed by atoms with E-state index in [0.29, 0.717) is 0 Å². The number of nitrogens with zero attached hydrogens (tertiary/aromatic N) is 4. The minimum Gasteiger partial charge on any atom is -0.233 e. The molecular formula is C88H122N4. The fraction of sp³-hybridized carbons (Fsp3) is 0.568. The minimum absolute atomic E-state index is 0.0818. The van der Waals surface area contributed by atoms with E-state index in [-0.39, 0.29) is 10.8 Å². The summed E-state index contributed by atoms with van der Waals surface area (Å²) in [5, 5.41) is 0. The van der Waals surface area contributed by atoms with Gasteiger partial charge < -0.3 is 0 Å². The highest BCUT2D eigenvalue weighted by Crippen LogP contribution is 2.58. The average molecular weight is 1240 g/mol. The number of hydrogen-bond donors (Lipinski definition) is 0. The Kier molecular flexibility index (Phi) is 27.4. The van der Waals surface area contributed by atoms with Crippen LogP contribution in [0, 0.1) is 27.7 Å². The number of aryl methyl sites for hydroxylation is 6. The third kappa shape index (κ3) is 17.6. The molecule has 0 saturated carbocycles. The Morgan fingerprint density at radius 3 is 0.761 bits per heavy atom. The lowest BCUT2D eigenvalue weighted by molar-refractivity contribution is 0.398. The van der Waals surface area contributed by atoms with Crippen molar-refractivity contribution in [3.05, 3.63) is 153 Å². The molecule has 0 unspecified atom stereocenters. The van der Waals surface area contributed by atoms with Gasteiger partial charge in [-0.1, -0.05) is 295 Å². The van der Waals surface area contributed by atoms with E-state index < -0.39 is 0 Å². The van der Waals surface area contributed by atoms with Crippen LogP contribution in [0.2, 0.25) is 0 Å². The molecule has 2 aliphatic carbocycles. The maximum absolute atomic E-state index is 5.09. The monoisotopic (exact) mass is 1230 g/mol. The molecule has 9 rings (SSSR count). The van der Waals surface area contributed by atoms with Gasteiger partial charge in [0.2, 0.25) is 0 Å². The maximum atomic E-state index is 5.09. The smallest absolute Gasteiger partial charge is 0.159 e. The molecule has 0 fully saturated rings. The Hall–Kier alpha value is -5.74. The molecule has 2 heterocycles. The van der Waals surface area contributed by atoms with Crippen LogP contribution in [0.15, 0.2) is 97.1 Å². The second kappa shape index (κ2) is 35.7. The SMILES string of the molecule is CCCCCCCCC1(CCCCCCCC)c2cc(-c3nc(C)cc(C)n3)ccc2-c2ccc(-c3cc(CCCCCC)c(-c4ccc5c(c4)C(CCCCCCCC)(CCCCCCCC)c4cc(-c6nc(C)cc(C)n6)ccc4-5)cc3CCCCCC)cc21. The number of fused-ring (bicyclic) bond motifs is 6. The van der Waals surface area contributed by atoms with Gasteiger partial charge in [-0.2, -0.15) is 0 Å². The third-order valence-corrected chi connectivity index (χ3v) is 21.6. The van der Waals surface area contributed by atoms with Crippen molar-refractivity contribution in [2.45, 2.75) is 324 Å². The van der Waals surface area contributed by atoms with Crippen molar-refractivity contribution in [3.8, 4) is 67.3 Å². The third-order valence-electron chi connectivity index (χ3n) is 21.6. The summed E-state index contributed by atoms with van der Waals surface area (Å²) in [6.07, 6.45) is 48.2. The first-order valence-corrected chi connectivity index (χ1v) is 38.4. The summed E-state index contributed by atoms with van der Waals surface area (Å²) in [6, 6.07) is 40.2. The van der Waals surface area contributed by atoms with Crippen LogP contribution in [-0.2, 0) is 23.7 Å². The molecule has 4 heteroatoms. The molecular weight excluding hydrogens is 1110 g/mol. The summed E-state index contributed by atoms with van der Waals surface area (Å²) in [4.78, 5) is 20.3. The molecule has 7 aromatic rings. The summed E-state index contributed by atoms with van der Waals surface area (Å²) < 4.78 is 0. The van der Waals surface area contributed by atoms with Gasteiger partial charge in [0.15, 0.2) is 11.6 Å². The van der Waals surface area contributed by atoms with Gasteiger partial charge in [-0.25, -0.2) is 19.9 Å². The van der Waals surface area contributed by atoms with Crippen LogP contribution in [0.1, 0.15) is 329 Å². The first kappa shape index (κ1) is 70.6. The van der Waals surface area contributed by atoms with Crippen molar-refractivity contribution in [1.29, 1.82) is 0 Å². The molecule has 0 spiro atoms. The summed E-state index contributed by atoms with van der Waals surface area (Å²) in [6.45, 7) is 22.6. The largest absolute Gasteiger partial charge is 0.233 e. The van der Waals surface area contributed by atoms with Crippen LogP contribution in [-0.4, -0.2) is 19.9 Å². The van der Waals surface area contributed by atoms with Crippen molar-refractivity contribution in [2.75, 3.05) is 0 Å². The van der Waals surface area contributed by atoms with Crippen LogP contribution in [0.25, 0.3) is 67.3 Å². The van der Waals surface area contributed by atoms with Crippen molar-refractivity contribution in [3.63, 3.8) is 0 Å². The lowest BCUT2D eigenvalue weighted by Gasteiger charge is -2.34. The van der Waals surface area contributed by atoms with E-state index in [4.69, 9.17) is 19.9 Å². The standard InChI is InChI=1S/C88H122N4/c1-11-17-23-29-33-39-53-87(54-40-34-30-24-18-12-2)81-61-71(45-49-75(81)77-51-47-73(63-83(77)87)85-89-65(7)57-66(8)90-85)79-59-70(44-38-28-22-16-6)80(60-69(79)43-37-27-21-15-5)72-46-50-76-78-52-48-74(86-91-67(9)58-68(10)92-86)64-84(78)88(82(76)62-72,55-41-35-31-25-19-13-3)56-42-36-32-26-20-14-4/h45-52,57-64H,11-44,53-56H2,1-10H3. The molecule has 494 valence electrons. The van der Waals surface area contributed by atoms with Gasteiger partial charge >= 0.3 is 0 Å². The molecule has 0 saturated heterocycles. The van der Waals surface area contributed by atoms with Crippen LogP contribution in [0.3, 0.4) is 0 Å². The Bertz CT molecular complexity index is 3130. The van der Waals surface area contributed by atoms with Gasteiger partial charge in [0.25, 0.3) is 0 Å². The Morgan fingerprint density at radius 2 is 0.478 bits per heavy atom. The lowest BCUT2D eigenvalue weighted by Crippen LogP contribution is -2.26. The highest BCUT2D eigenvalue weighted by Gasteiger charge is 2.45. The van der Waals surface area contributed by atoms with Gasteiger partial charge in [-0.15, -0.1) is 0 Å². The minimum atomic E-state index is -0.0818. The normalized spacial score (nSPS) is 13.4. The van der Waals surface area contributed by atoms with Crippen molar-refractivity contribution in [1.82, 2.24) is 19.9 Å². The number of benzene rings is 5. The van der Waals surface area contributed by atoms with E-state index >= 15 is 0 Å². The Balaban J connectivity index is 1.21. The van der Waals surface area contributed by atoms with Crippen molar-refractivity contribution < 1.29 is 0 Å².